The second-order valence-corrected chi connectivity index (χ2v) is 10.1. The van der Waals surface area contributed by atoms with E-state index in [1.54, 1.807) is 36.4 Å². The second-order valence-electron chi connectivity index (χ2n) is 7.43. The SMILES string of the molecule is CCc1ccc(N(CC(=O)Nc2ccccc2SC)S(=O)(=O)c2cc(C)ccc2OC)cc1. The monoisotopic (exact) mass is 484 g/mol. The molecule has 0 unspecified atom stereocenters. The number of benzene rings is 3. The van der Waals surface area contributed by atoms with Gasteiger partial charge in [-0.3, -0.25) is 9.10 Å². The van der Waals surface area contributed by atoms with E-state index in [9.17, 15) is 13.2 Å². The lowest BCUT2D eigenvalue weighted by atomic mass is 10.1. The van der Waals surface area contributed by atoms with Crippen LogP contribution in [-0.4, -0.2) is 34.2 Å². The molecule has 0 saturated carbocycles. The Labute approximate surface area is 200 Å². The number of anilines is 2. The molecule has 3 aromatic carbocycles. The first-order valence-electron chi connectivity index (χ1n) is 10.5. The number of ether oxygens (including phenoxy) is 1. The van der Waals surface area contributed by atoms with Gasteiger partial charge in [-0.2, -0.15) is 0 Å². The molecule has 0 saturated heterocycles. The van der Waals surface area contributed by atoms with Crippen molar-refractivity contribution in [2.75, 3.05) is 29.5 Å². The fourth-order valence-corrected chi connectivity index (χ4v) is 5.60. The van der Waals surface area contributed by atoms with Crippen LogP contribution in [-0.2, 0) is 21.2 Å². The largest absolute Gasteiger partial charge is 0.495 e. The lowest BCUT2D eigenvalue weighted by Crippen LogP contribution is -2.38. The van der Waals surface area contributed by atoms with Gasteiger partial charge in [-0.1, -0.05) is 37.3 Å². The lowest BCUT2D eigenvalue weighted by Gasteiger charge is -2.25. The molecular formula is C25H28N2O4S2. The summed E-state index contributed by atoms with van der Waals surface area (Å²) in [4.78, 5) is 13.9. The van der Waals surface area contributed by atoms with Crippen LogP contribution in [0.5, 0.6) is 5.75 Å². The average Bonchev–Trinajstić information content (AvgIpc) is 2.83. The van der Waals surface area contributed by atoms with Gasteiger partial charge in [0.05, 0.1) is 18.5 Å². The topological polar surface area (TPSA) is 75.7 Å². The van der Waals surface area contributed by atoms with E-state index in [-0.39, 0.29) is 17.2 Å². The van der Waals surface area contributed by atoms with Crippen molar-refractivity contribution < 1.29 is 17.9 Å². The maximum absolute atomic E-state index is 13.8. The van der Waals surface area contributed by atoms with Gasteiger partial charge in [-0.15, -0.1) is 11.8 Å². The standard InChI is InChI=1S/C25H28N2O4S2/c1-5-19-11-13-20(14-12-19)27(17-25(28)26-21-8-6-7-9-23(21)32-4)33(29,30)24-16-18(2)10-15-22(24)31-3/h6-16H,5,17H2,1-4H3,(H,26,28). The van der Waals surface area contributed by atoms with E-state index in [4.69, 9.17) is 4.74 Å². The number of para-hydroxylation sites is 1. The van der Waals surface area contributed by atoms with E-state index in [1.807, 2.05) is 50.4 Å². The fourth-order valence-electron chi connectivity index (χ4n) is 3.39. The normalized spacial score (nSPS) is 11.2. The van der Waals surface area contributed by atoms with Crippen molar-refractivity contribution >= 4 is 39.1 Å². The summed E-state index contributed by atoms with van der Waals surface area (Å²) in [6, 6.07) is 19.5. The van der Waals surface area contributed by atoms with Crippen molar-refractivity contribution in [3.8, 4) is 5.75 Å². The molecule has 174 valence electrons. The highest BCUT2D eigenvalue weighted by atomic mass is 32.2. The molecule has 0 bridgehead atoms. The third-order valence-electron chi connectivity index (χ3n) is 5.19. The van der Waals surface area contributed by atoms with E-state index in [0.717, 1.165) is 26.7 Å². The smallest absolute Gasteiger partial charge is 0.268 e. The minimum atomic E-state index is -4.10. The van der Waals surface area contributed by atoms with Crippen LogP contribution in [0.3, 0.4) is 0 Å². The van der Waals surface area contributed by atoms with Crippen LogP contribution in [0.1, 0.15) is 18.1 Å². The summed E-state index contributed by atoms with van der Waals surface area (Å²) in [5.41, 5.74) is 2.89. The number of methoxy groups -OCH3 is 1. The highest BCUT2D eigenvalue weighted by Crippen LogP contribution is 2.31. The molecule has 0 fully saturated rings. The van der Waals surface area contributed by atoms with Crippen LogP contribution in [0.2, 0.25) is 0 Å². The fraction of sp³-hybridized carbons (Fsp3) is 0.240. The van der Waals surface area contributed by atoms with Crippen LogP contribution >= 0.6 is 11.8 Å². The molecule has 0 spiro atoms. The van der Waals surface area contributed by atoms with Crippen LogP contribution in [0, 0.1) is 6.92 Å². The van der Waals surface area contributed by atoms with Gasteiger partial charge in [-0.05, 0) is 67.1 Å². The molecule has 8 heteroatoms. The Morgan fingerprint density at radius 3 is 2.39 bits per heavy atom. The van der Waals surface area contributed by atoms with Gasteiger partial charge in [0, 0.05) is 4.90 Å². The zero-order chi connectivity index (χ0) is 24.0. The van der Waals surface area contributed by atoms with Crippen LogP contribution in [0.25, 0.3) is 0 Å². The molecule has 6 nitrogen and oxygen atoms in total. The summed E-state index contributed by atoms with van der Waals surface area (Å²) in [6.45, 7) is 3.45. The predicted octanol–water partition coefficient (Wildman–Crippen LogP) is 5.12. The maximum atomic E-state index is 13.8. The highest BCUT2D eigenvalue weighted by molar-refractivity contribution is 7.98. The number of hydrogen-bond donors (Lipinski definition) is 1. The zero-order valence-corrected chi connectivity index (χ0v) is 20.8. The molecule has 0 aromatic heterocycles. The first-order valence-corrected chi connectivity index (χ1v) is 13.2. The van der Waals surface area contributed by atoms with Crippen molar-refractivity contribution in [1.29, 1.82) is 0 Å². The van der Waals surface area contributed by atoms with Gasteiger partial charge in [0.1, 0.15) is 17.2 Å². The number of hydrogen-bond acceptors (Lipinski definition) is 5. The summed E-state index contributed by atoms with van der Waals surface area (Å²) in [7, 11) is -2.67. The number of amides is 1. The summed E-state index contributed by atoms with van der Waals surface area (Å²) in [5.74, 6) is -0.213. The molecule has 0 aliphatic carbocycles. The van der Waals surface area contributed by atoms with E-state index >= 15 is 0 Å². The van der Waals surface area contributed by atoms with Crippen LogP contribution in [0.15, 0.2) is 76.5 Å². The third kappa shape index (κ3) is 5.69. The molecule has 1 N–H and O–H groups in total. The number of carbonyl (C=O) groups excluding carboxylic acids is 1. The van der Waals surface area contributed by atoms with Gasteiger partial charge < -0.3 is 10.1 Å². The molecule has 0 atom stereocenters. The molecule has 1 amide bonds. The maximum Gasteiger partial charge on any atom is 0.268 e. The lowest BCUT2D eigenvalue weighted by molar-refractivity contribution is -0.114. The van der Waals surface area contributed by atoms with Gasteiger partial charge in [0.15, 0.2) is 0 Å². The molecule has 0 aliphatic rings. The Balaban J connectivity index is 2.03. The van der Waals surface area contributed by atoms with Crippen molar-refractivity contribution in [3.63, 3.8) is 0 Å². The quantitative estimate of drug-likeness (QED) is 0.427. The molecule has 33 heavy (non-hydrogen) atoms. The van der Waals surface area contributed by atoms with E-state index in [1.165, 1.54) is 18.9 Å². The number of nitrogens with zero attached hydrogens (tertiary/aromatic N) is 1. The molecule has 0 heterocycles. The zero-order valence-electron chi connectivity index (χ0n) is 19.2. The Morgan fingerprint density at radius 2 is 1.76 bits per heavy atom. The highest BCUT2D eigenvalue weighted by Gasteiger charge is 2.30. The first kappa shape index (κ1) is 24.7. The van der Waals surface area contributed by atoms with E-state index in [0.29, 0.717) is 11.4 Å². The number of thioether (sulfide) groups is 1. The van der Waals surface area contributed by atoms with E-state index in [2.05, 4.69) is 5.32 Å². The number of carbonyl (C=O) groups is 1. The Bertz CT molecular complexity index is 1230. The summed E-state index contributed by atoms with van der Waals surface area (Å²) in [6.07, 6.45) is 2.74. The summed E-state index contributed by atoms with van der Waals surface area (Å²) in [5, 5.41) is 2.85. The van der Waals surface area contributed by atoms with Crippen molar-refractivity contribution in [2.45, 2.75) is 30.1 Å². The van der Waals surface area contributed by atoms with E-state index < -0.39 is 15.9 Å². The van der Waals surface area contributed by atoms with Gasteiger partial charge in [0.2, 0.25) is 5.91 Å². The van der Waals surface area contributed by atoms with Crippen molar-refractivity contribution in [1.82, 2.24) is 0 Å². The summed E-state index contributed by atoms with van der Waals surface area (Å²) >= 11 is 1.50. The number of nitrogens with one attached hydrogen (secondary N) is 1. The first-order chi connectivity index (χ1) is 15.8. The molecule has 3 aromatic rings. The number of rotatable bonds is 9. The Morgan fingerprint density at radius 1 is 1.06 bits per heavy atom. The van der Waals surface area contributed by atoms with Gasteiger partial charge >= 0.3 is 0 Å². The summed E-state index contributed by atoms with van der Waals surface area (Å²) < 4.78 is 34.0. The van der Waals surface area contributed by atoms with Gasteiger partial charge in [-0.25, -0.2) is 8.42 Å². The third-order valence-corrected chi connectivity index (χ3v) is 7.78. The van der Waals surface area contributed by atoms with Crippen molar-refractivity contribution in [3.05, 3.63) is 77.9 Å². The van der Waals surface area contributed by atoms with Crippen LogP contribution < -0.4 is 14.4 Å². The Kier molecular flexibility index (Phi) is 8.05. The van der Waals surface area contributed by atoms with Crippen molar-refractivity contribution in [2.24, 2.45) is 0 Å². The molecular weight excluding hydrogens is 456 g/mol. The predicted molar refractivity (Wildman–Crippen MR) is 135 cm³/mol. The van der Waals surface area contributed by atoms with Crippen LogP contribution in [0.4, 0.5) is 11.4 Å². The van der Waals surface area contributed by atoms with Gasteiger partial charge in [0.25, 0.3) is 10.0 Å². The minimum Gasteiger partial charge on any atom is -0.495 e. The number of aryl methyl sites for hydroxylation is 2. The second kappa shape index (κ2) is 10.8. The molecule has 0 radical (unpaired) electrons. The Hall–Kier alpha value is -2.97. The molecule has 0 aliphatic heterocycles. The number of sulfonamides is 1. The minimum absolute atomic E-state index is 0.0156. The average molecular weight is 485 g/mol. The molecule has 3 rings (SSSR count).